The summed E-state index contributed by atoms with van der Waals surface area (Å²) in [6.07, 6.45) is 8.86. The van der Waals surface area contributed by atoms with Gasteiger partial charge in [0.2, 0.25) is 0 Å². The van der Waals surface area contributed by atoms with Crippen LogP contribution in [-0.4, -0.2) is 40.6 Å². The summed E-state index contributed by atoms with van der Waals surface area (Å²) in [7, 11) is 0. The van der Waals surface area contributed by atoms with Gasteiger partial charge in [0.05, 0.1) is 12.3 Å². The highest BCUT2D eigenvalue weighted by atomic mass is 16.5. The molecule has 4 heteroatoms. The van der Waals surface area contributed by atoms with Gasteiger partial charge in [0.25, 0.3) is 0 Å². The van der Waals surface area contributed by atoms with E-state index in [4.69, 9.17) is 4.74 Å². The molecule has 2 aliphatic rings. The van der Waals surface area contributed by atoms with Crippen LogP contribution in [0.1, 0.15) is 49.7 Å². The van der Waals surface area contributed by atoms with Gasteiger partial charge in [-0.2, -0.15) is 0 Å². The molecule has 0 aromatic carbocycles. The molecular weight excluding hydrogens is 238 g/mol. The molecule has 1 aliphatic carbocycles. The van der Waals surface area contributed by atoms with Crippen LogP contribution in [0, 0.1) is 6.92 Å². The Hall–Kier alpha value is -1.00. The van der Waals surface area contributed by atoms with E-state index in [1.165, 1.54) is 32.1 Å². The van der Waals surface area contributed by atoms with E-state index in [0.29, 0.717) is 0 Å². The molecule has 1 unspecified atom stereocenters. The van der Waals surface area contributed by atoms with Crippen molar-refractivity contribution in [2.45, 2.75) is 51.2 Å². The lowest BCUT2D eigenvalue weighted by molar-refractivity contribution is -0.0517. The molecule has 2 fully saturated rings. The van der Waals surface area contributed by atoms with Gasteiger partial charge in [0.1, 0.15) is 11.9 Å². The van der Waals surface area contributed by atoms with Crippen LogP contribution in [0.5, 0.6) is 0 Å². The summed E-state index contributed by atoms with van der Waals surface area (Å²) in [5.41, 5.74) is 1.04. The number of hydrogen-bond donors (Lipinski definition) is 0. The predicted octanol–water partition coefficient (Wildman–Crippen LogP) is 2.49. The molecule has 4 nitrogen and oxygen atoms in total. The van der Waals surface area contributed by atoms with Gasteiger partial charge in [-0.15, -0.1) is 0 Å². The van der Waals surface area contributed by atoms with Gasteiger partial charge in [-0.25, -0.2) is 9.97 Å². The van der Waals surface area contributed by atoms with E-state index in [1.807, 2.05) is 19.2 Å². The van der Waals surface area contributed by atoms with Crippen molar-refractivity contribution in [2.75, 3.05) is 19.7 Å². The van der Waals surface area contributed by atoms with Gasteiger partial charge in [-0.1, -0.05) is 19.3 Å². The second kappa shape index (κ2) is 5.97. The molecule has 1 aromatic rings. The van der Waals surface area contributed by atoms with Crippen molar-refractivity contribution in [1.29, 1.82) is 0 Å². The monoisotopic (exact) mass is 261 g/mol. The number of nitrogens with zero attached hydrogens (tertiary/aromatic N) is 3. The van der Waals surface area contributed by atoms with Crippen LogP contribution in [0.4, 0.5) is 0 Å². The minimum Gasteiger partial charge on any atom is -0.369 e. The highest BCUT2D eigenvalue weighted by Crippen LogP contribution is 2.27. The second-order valence-electron chi connectivity index (χ2n) is 5.67. The summed E-state index contributed by atoms with van der Waals surface area (Å²) in [6, 6.07) is 2.75. The summed E-state index contributed by atoms with van der Waals surface area (Å²) < 4.78 is 5.91. The topological polar surface area (TPSA) is 38.2 Å². The number of hydrogen-bond acceptors (Lipinski definition) is 4. The molecule has 1 atom stereocenters. The van der Waals surface area contributed by atoms with Crippen molar-refractivity contribution in [3.8, 4) is 0 Å². The first-order chi connectivity index (χ1) is 9.33. The molecule has 0 N–H and O–H groups in total. The van der Waals surface area contributed by atoms with E-state index in [2.05, 4.69) is 14.9 Å². The van der Waals surface area contributed by atoms with Gasteiger partial charge >= 0.3 is 0 Å². The van der Waals surface area contributed by atoms with Crippen LogP contribution in [0.25, 0.3) is 0 Å². The Bertz CT molecular complexity index is 418. The molecule has 1 aromatic heterocycles. The van der Waals surface area contributed by atoms with Crippen molar-refractivity contribution < 1.29 is 4.74 Å². The molecule has 1 saturated heterocycles. The largest absolute Gasteiger partial charge is 0.369 e. The molecule has 0 spiro atoms. The number of aryl methyl sites for hydroxylation is 1. The number of aromatic nitrogens is 2. The van der Waals surface area contributed by atoms with Gasteiger partial charge in [-0.3, -0.25) is 4.90 Å². The fourth-order valence-electron chi connectivity index (χ4n) is 3.28. The molecule has 19 heavy (non-hydrogen) atoms. The van der Waals surface area contributed by atoms with E-state index in [0.717, 1.165) is 37.3 Å². The molecule has 104 valence electrons. The Morgan fingerprint density at radius 3 is 2.89 bits per heavy atom. The average Bonchev–Trinajstić information content (AvgIpc) is 2.48. The highest BCUT2D eigenvalue weighted by molar-refractivity contribution is 5.07. The summed E-state index contributed by atoms with van der Waals surface area (Å²) in [5.74, 6) is 0.830. The fourth-order valence-corrected chi connectivity index (χ4v) is 3.28. The Morgan fingerprint density at radius 1 is 1.26 bits per heavy atom. The van der Waals surface area contributed by atoms with E-state index in [1.54, 1.807) is 0 Å². The van der Waals surface area contributed by atoms with E-state index >= 15 is 0 Å². The van der Waals surface area contributed by atoms with Crippen LogP contribution in [0.15, 0.2) is 12.3 Å². The maximum absolute atomic E-state index is 5.91. The third-order valence-corrected chi connectivity index (χ3v) is 4.32. The molecule has 1 saturated carbocycles. The zero-order valence-electron chi connectivity index (χ0n) is 11.7. The normalized spacial score (nSPS) is 26.5. The minimum atomic E-state index is 0.123. The quantitative estimate of drug-likeness (QED) is 0.820. The second-order valence-corrected chi connectivity index (χ2v) is 5.67. The molecule has 1 aliphatic heterocycles. The van der Waals surface area contributed by atoms with Crippen molar-refractivity contribution in [1.82, 2.24) is 14.9 Å². The zero-order valence-corrected chi connectivity index (χ0v) is 11.7. The molecule has 3 rings (SSSR count). The van der Waals surface area contributed by atoms with Crippen LogP contribution in [-0.2, 0) is 4.74 Å². The third-order valence-electron chi connectivity index (χ3n) is 4.32. The third kappa shape index (κ3) is 3.12. The Morgan fingerprint density at radius 2 is 2.11 bits per heavy atom. The standard InChI is InChI=1S/C15H23N3O/c1-12-16-8-7-14(17-12)15-11-18(9-10-19-15)13-5-3-2-4-6-13/h7-8,13,15H,2-6,9-11H2,1H3. The van der Waals surface area contributed by atoms with Gasteiger partial charge in [0.15, 0.2) is 0 Å². The predicted molar refractivity (Wildman–Crippen MR) is 73.9 cm³/mol. The number of rotatable bonds is 2. The average molecular weight is 261 g/mol. The molecule has 0 bridgehead atoms. The minimum absolute atomic E-state index is 0.123. The smallest absolute Gasteiger partial charge is 0.125 e. The van der Waals surface area contributed by atoms with Crippen molar-refractivity contribution in [3.63, 3.8) is 0 Å². The van der Waals surface area contributed by atoms with Crippen molar-refractivity contribution in [2.24, 2.45) is 0 Å². The maximum atomic E-state index is 5.91. The number of morpholine rings is 1. The van der Waals surface area contributed by atoms with E-state index in [9.17, 15) is 0 Å². The van der Waals surface area contributed by atoms with Crippen LogP contribution < -0.4 is 0 Å². The highest BCUT2D eigenvalue weighted by Gasteiger charge is 2.28. The Kier molecular flexibility index (Phi) is 4.09. The van der Waals surface area contributed by atoms with Crippen LogP contribution in [0.2, 0.25) is 0 Å². The first-order valence-corrected chi connectivity index (χ1v) is 7.48. The van der Waals surface area contributed by atoms with Crippen molar-refractivity contribution in [3.05, 3.63) is 23.8 Å². The summed E-state index contributed by atoms with van der Waals surface area (Å²) in [5, 5.41) is 0. The Labute approximate surface area is 115 Å². The molecule has 2 heterocycles. The first kappa shape index (κ1) is 13.0. The molecule has 0 radical (unpaired) electrons. The fraction of sp³-hybridized carbons (Fsp3) is 0.733. The summed E-state index contributed by atoms with van der Waals surface area (Å²) >= 11 is 0. The van der Waals surface area contributed by atoms with Gasteiger partial charge < -0.3 is 4.74 Å². The lowest BCUT2D eigenvalue weighted by atomic mass is 9.93. The van der Waals surface area contributed by atoms with E-state index in [-0.39, 0.29) is 6.10 Å². The lowest BCUT2D eigenvalue weighted by Crippen LogP contribution is -2.45. The summed E-state index contributed by atoms with van der Waals surface area (Å²) in [4.78, 5) is 11.3. The van der Waals surface area contributed by atoms with Crippen molar-refractivity contribution >= 4 is 0 Å². The van der Waals surface area contributed by atoms with Gasteiger partial charge in [0, 0.05) is 25.3 Å². The van der Waals surface area contributed by atoms with E-state index < -0.39 is 0 Å². The Balaban J connectivity index is 1.67. The van der Waals surface area contributed by atoms with Crippen LogP contribution in [0.3, 0.4) is 0 Å². The number of ether oxygens (including phenoxy) is 1. The van der Waals surface area contributed by atoms with Crippen LogP contribution >= 0.6 is 0 Å². The first-order valence-electron chi connectivity index (χ1n) is 7.48. The zero-order chi connectivity index (χ0) is 13.1. The lowest BCUT2D eigenvalue weighted by Gasteiger charge is -2.39. The summed E-state index contributed by atoms with van der Waals surface area (Å²) in [6.45, 7) is 4.82. The van der Waals surface area contributed by atoms with Gasteiger partial charge in [-0.05, 0) is 25.8 Å². The maximum Gasteiger partial charge on any atom is 0.125 e. The molecular formula is C15H23N3O. The SMILES string of the molecule is Cc1nccc(C2CN(C3CCCCC3)CCO2)n1. The molecule has 0 amide bonds.